The Morgan fingerprint density at radius 2 is 1.57 bits per heavy atom. The lowest BCUT2D eigenvalue weighted by atomic mass is 10.1. The number of hydrogen-bond donors (Lipinski definition) is 2. The number of carbonyl (C=O) groups is 1. The third kappa shape index (κ3) is 4.35. The number of carbonyl (C=O) groups excluding carboxylic acids is 1. The molecule has 1 aromatic heterocycles. The van der Waals surface area contributed by atoms with Crippen LogP contribution in [0.2, 0.25) is 0 Å². The minimum Gasteiger partial charge on any atom is -0.418 e. The van der Waals surface area contributed by atoms with Gasteiger partial charge in [-0.1, -0.05) is 36.4 Å². The van der Waals surface area contributed by atoms with Crippen molar-refractivity contribution in [1.82, 2.24) is 10.2 Å². The summed E-state index contributed by atoms with van der Waals surface area (Å²) in [5, 5.41) is 14.2. The van der Waals surface area contributed by atoms with E-state index in [1.165, 1.54) is 13.0 Å². The summed E-state index contributed by atoms with van der Waals surface area (Å²) in [6, 6.07) is 22.2. The molecule has 6 nitrogen and oxygen atoms in total. The number of nitrogens with zero attached hydrogens (tertiary/aromatic N) is 2. The Kier molecular flexibility index (Phi) is 5.52. The van der Waals surface area contributed by atoms with Crippen LogP contribution in [-0.2, 0) is 4.79 Å². The first-order chi connectivity index (χ1) is 14.6. The summed E-state index contributed by atoms with van der Waals surface area (Å²) in [4.78, 5) is 11.2. The average molecular weight is 402 g/mol. The normalized spacial score (nSPS) is 11.7. The van der Waals surface area contributed by atoms with E-state index in [0.717, 1.165) is 5.56 Å². The van der Waals surface area contributed by atoms with Gasteiger partial charge in [0.15, 0.2) is 0 Å². The van der Waals surface area contributed by atoms with Gasteiger partial charge in [-0.05, 0) is 42.5 Å². The Morgan fingerprint density at radius 1 is 0.900 bits per heavy atom. The van der Waals surface area contributed by atoms with Crippen LogP contribution >= 0.6 is 0 Å². The van der Waals surface area contributed by atoms with Crippen molar-refractivity contribution in [3.05, 3.63) is 96.1 Å². The van der Waals surface area contributed by atoms with Crippen LogP contribution in [0.15, 0.2) is 83.3 Å². The van der Waals surface area contributed by atoms with Crippen LogP contribution in [-0.4, -0.2) is 16.1 Å². The highest BCUT2D eigenvalue weighted by Gasteiger charge is 2.24. The minimum absolute atomic E-state index is 0.153. The molecule has 2 N–H and O–H groups in total. The Hall–Kier alpha value is -4.00. The number of aromatic nitrogens is 2. The second kappa shape index (κ2) is 8.57. The number of rotatable bonds is 6. The lowest BCUT2D eigenvalue weighted by Crippen LogP contribution is -2.14. The third-order valence-electron chi connectivity index (χ3n) is 4.44. The second-order valence-electron chi connectivity index (χ2n) is 6.67. The molecule has 0 saturated carbocycles. The summed E-state index contributed by atoms with van der Waals surface area (Å²) in [6.07, 6.45) is 0. The molecule has 0 unspecified atom stereocenters. The molecule has 4 aromatic rings. The molecule has 150 valence electrons. The van der Waals surface area contributed by atoms with E-state index in [0.29, 0.717) is 22.8 Å². The maximum Gasteiger partial charge on any atom is 0.247 e. The Morgan fingerprint density at radius 3 is 2.27 bits per heavy atom. The third-order valence-corrected chi connectivity index (χ3v) is 4.44. The van der Waals surface area contributed by atoms with E-state index in [1.807, 2.05) is 30.3 Å². The highest BCUT2D eigenvalue weighted by atomic mass is 19.1. The maximum absolute atomic E-state index is 14.6. The smallest absolute Gasteiger partial charge is 0.247 e. The molecular weight excluding hydrogens is 383 g/mol. The first-order valence-electron chi connectivity index (χ1n) is 9.37. The van der Waals surface area contributed by atoms with Gasteiger partial charge >= 0.3 is 0 Å². The van der Waals surface area contributed by atoms with Gasteiger partial charge in [0.1, 0.15) is 11.9 Å². The second-order valence-corrected chi connectivity index (χ2v) is 6.67. The van der Waals surface area contributed by atoms with Crippen LogP contribution in [0.4, 0.5) is 15.8 Å². The standard InChI is InChI=1S/C23H19FN4O2/c1-15(29)25-17-11-13-18(14-12-17)26-21(19-9-5-6-10-20(19)24)23-28-27-22(30-23)16-7-3-2-4-8-16/h2-14,21,26H,1H3,(H,25,29)/t21-/m1/s1. The summed E-state index contributed by atoms with van der Waals surface area (Å²) in [7, 11) is 0. The average Bonchev–Trinajstić information content (AvgIpc) is 3.24. The first kappa shape index (κ1) is 19.3. The lowest BCUT2D eigenvalue weighted by Gasteiger charge is -2.18. The lowest BCUT2D eigenvalue weighted by molar-refractivity contribution is -0.114. The van der Waals surface area contributed by atoms with E-state index < -0.39 is 6.04 Å². The Bertz CT molecular complexity index is 1140. The van der Waals surface area contributed by atoms with Crippen molar-refractivity contribution in [1.29, 1.82) is 0 Å². The van der Waals surface area contributed by atoms with Crippen LogP contribution in [0.1, 0.15) is 24.4 Å². The quantitative estimate of drug-likeness (QED) is 0.473. The van der Waals surface area contributed by atoms with Crippen molar-refractivity contribution in [3.63, 3.8) is 0 Å². The van der Waals surface area contributed by atoms with Gasteiger partial charge < -0.3 is 15.1 Å². The zero-order chi connectivity index (χ0) is 20.9. The van der Waals surface area contributed by atoms with Crippen molar-refractivity contribution in [2.45, 2.75) is 13.0 Å². The molecule has 7 heteroatoms. The summed E-state index contributed by atoms with van der Waals surface area (Å²) in [5.74, 6) is 0.0585. The van der Waals surface area contributed by atoms with E-state index in [-0.39, 0.29) is 17.6 Å². The number of amides is 1. The van der Waals surface area contributed by atoms with Crippen molar-refractivity contribution in [3.8, 4) is 11.5 Å². The molecule has 0 saturated heterocycles. The predicted octanol–water partition coefficient (Wildman–Crippen LogP) is 5.04. The molecule has 0 aliphatic rings. The molecule has 0 bridgehead atoms. The van der Waals surface area contributed by atoms with Crippen LogP contribution in [0, 0.1) is 5.82 Å². The largest absolute Gasteiger partial charge is 0.418 e. The van der Waals surface area contributed by atoms with Gasteiger partial charge in [0.05, 0.1) is 0 Å². The summed E-state index contributed by atoms with van der Waals surface area (Å²) < 4.78 is 20.5. The van der Waals surface area contributed by atoms with E-state index >= 15 is 0 Å². The van der Waals surface area contributed by atoms with Crippen LogP contribution in [0.3, 0.4) is 0 Å². The highest BCUT2D eigenvalue weighted by molar-refractivity contribution is 5.88. The monoisotopic (exact) mass is 402 g/mol. The predicted molar refractivity (Wildman–Crippen MR) is 112 cm³/mol. The van der Waals surface area contributed by atoms with Gasteiger partial charge in [0.2, 0.25) is 17.7 Å². The Balaban J connectivity index is 1.67. The molecule has 3 aromatic carbocycles. The number of halogens is 1. The number of benzene rings is 3. The zero-order valence-corrected chi connectivity index (χ0v) is 16.2. The molecule has 0 spiro atoms. The first-order valence-corrected chi connectivity index (χ1v) is 9.37. The molecule has 1 amide bonds. The molecule has 4 rings (SSSR count). The van der Waals surface area contributed by atoms with Gasteiger partial charge in [-0.15, -0.1) is 10.2 Å². The fraction of sp³-hybridized carbons (Fsp3) is 0.0870. The van der Waals surface area contributed by atoms with E-state index in [2.05, 4.69) is 20.8 Å². The number of anilines is 2. The molecule has 1 atom stereocenters. The SMILES string of the molecule is CC(=O)Nc1ccc(N[C@@H](c2nnc(-c3ccccc3)o2)c2ccccc2F)cc1. The summed E-state index contributed by atoms with van der Waals surface area (Å²) in [6.45, 7) is 1.44. The van der Waals surface area contributed by atoms with Crippen molar-refractivity contribution >= 4 is 17.3 Å². The van der Waals surface area contributed by atoms with Crippen LogP contribution in [0.25, 0.3) is 11.5 Å². The van der Waals surface area contributed by atoms with Crippen molar-refractivity contribution in [2.24, 2.45) is 0 Å². The molecule has 0 radical (unpaired) electrons. The van der Waals surface area contributed by atoms with E-state index in [9.17, 15) is 9.18 Å². The molecule has 0 aliphatic carbocycles. The highest BCUT2D eigenvalue weighted by Crippen LogP contribution is 2.30. The van der Waals surface area contributed by atoms with Gasteiger partial charge in [-0.2, -0.15) is 0 Å². The van der Waals surface area contributed by atoms with Crippen molar-refractivity contribution in [2.75, 3.05) is 10.6 Å². The van der Waals surface area contributed by atoms with Gasteiger partial charge in [0, 0.05) is 29.4 Å². The van der Waals surface area contributed by atoms with Crippen molar-refractivity contribution < 1.29 is 13.6 Å². The molecule has 1 heterocycles. The van der Waals surface area contributed by atoms with Crippen LogP contribution < -0.4 is 10.6 Å². The zero-order valence-electron chi connectivity index (χ0n) is 16.2. The fourth-order valence-electron chi connectivity index (χ4n) is 3.05. The number of nitrogens with one attached hydrogen (secondary N) is 2. The molecule has 0 aliphatic heterocycles. The number of hydrogen-bond acceptors (Lipinski definition) is 5. The summed E-state index contributed by atoms with van der Waals surface area (Å²) >= 11 is 0. The van der Waals surface area contributed by atoms with Gasteiger partial charge in [0.25, 0.3) is 0 Å². The van der Waals surface area contributed by atoms with Gasteiger partial charge in [-0.3, -0.25) is 4.79 Å². The van der Waals surface area contributed by atoms with E-state index in [1.54, 1.807) is 42.5 Å². The topological polar surface area (TPSA) is 80.0 Å². The Labute approximate surface area is 172 Å². The van der Waals surface area contributed by atoms with E-state index in [4.69, 9.17) is 4.42 Å². The minimum atomic E-state index is -0.692. The molecular formula is C23H19FN4O2. The maximum atomic E-state index is 14.6. The summed E-state index contributed by atoms with van der Waals surface area (Å²) in [5.41, 5.74) is 2.53. The molecule has 0 fully saturated rings. The van der Waals surface area contributed by atoms with Gasteiger partial charge in [-0.25, -0.2) is 4.39 Å². The fourth-order valence-corrected chi connectivity index (χ4v) is 3.05. The van der Waals surface area contributed by atoms with Crippen LogP contribution in [0.5, 0.6) is 0 Å². The molecule has 30 heavy (non-hydrogen) atoms.